The first-order valence-electron chi connectivity index (χ1n) is 13.0. The summed E-state index contributed by atoms with van der Waals surface area (Å²) in [6.07, 6.45) is 1.84. The summed E-state index contributed by atoms with van der Waals surface area (Å²) in [6, 6.07) is 28.3. The highest BCUT2D eigenvalue weighted by molar-refractivity contribution is 9.10. The van der Waals surface area contributed by atoms with Crippen LogP contribution in [0.25, 0.3) is 17.4 Å². The van der Waals surface area contributed by atoms with E-state index >= 15 is 0 Å². The fourth-order valence-corrected chi connectivity index (χ4v) is 6.17. The summed E-state index contributed by atoms with van der Waals surface area (Å²) in [5, 5.41) is 0. The number of ketones is 1. The van der Waals surface area contributed by atoms with Crippen molar-refractivity contribution in [2.24, 2.45) is 4.99 Å². The zero-order chi connectivity index (χ0) is 28.5. The van der Waals surface area contributed by atoms with Crippen molar-refractivity contribution in [3.05, 3.63) is 143 Å². The molecule has 3 heterocycles. The van der Waals surface area contributed by atoms with Gasteiger partial charge in [-0.3, -0.25) is 14.2 Å². The number of Topliss-reactive ketones (excluding diaryl/α,β-unsaturated/α-hetero) is 1. The summed E-state index contributed by atoms with van der Waals surface area (Å²) in [5.41, 5.74) is 3.64. The molecule has 0 unspecified atom stereocenters. The maximum Gasteiger partial charge on any atom is 0.271 e. The molecule has 1 aliphatic rings. The van der Waals surface area contributed by atoms with Gasteiger partial charge in [-0.1, -0.05) is 81.9 Å². The number of carbonyl (C=O) groups excluding carboxylic acids is 1. The van der Waals surface area contributed by atoms with E-state index in [9.17, 15) is 9.59 Å². The third-order valence-corrected chi connectivity index (χ3v) is 8.36. The van der Waals surface area contributed by atoms with Gasteiger partial charge in [0.2, 0.25) is 0 Å². The fourth-order valence-electron chi connectivity index (χ4n) is 4.86. The minimum absolute atomic E-state index is 0.154. The number of fused-ring (bicyclic) bond motifs is 1. The fraction of sp³-hybridized carbons (Fsp3) is 0.121. The lowest BCUT2D eigenvalue weighted by Crippen LogP contribution is -2.39. The highest BCUT2D eigenvalue weighted by atomic mass is 79.9. The van der Waals surface area contributed by atoms with Gasteiger partial charge in [-0.25, -0.2) is 4.99 Å². The van der Waals surface area contributed by atoms with Crippen molar-refractivity contribution >= 4 is 39.1 Å². The molecule has 2 aromatic heterocycles. The third-order valence-electron chi connectivity index (χ3n) is 6.85. The number of furan rings is 1. The largest absolute Gasteiger partial charge is 0.489 e. The zero-order valence-electron chi connectivity index (χ0n) is 22.3. The topological polar surface area (TPSA) is 73.8 Å². The number of carbonyl (C=O) groups is 1. The van der Waals surface area contributed by atoms with Crippen molar-refractivity contribution in [2.75, 3.05) is 0 Å². The van der Waals surface area contributed by atoms with Crippen LogP contribution in [0.15, 0.2) is 121 Å². The summed E-state index contributed by atoms with van der Waals surface area (Å²) < 4.78 is 15.2. The Hall–Kier alpha value is -4.27. The molecular weight excluding hydrogens is 600 g/mol. The van der Waals surface area contributed by atoms with Gasteiger partial charge in [0.15, 0.2) is 10.6 Å². The molecule has 3 aromatic carbocycles. The predicted molar refractivity (Wildman–Crippen MR) is 164 cm³/mol. The van der Waals surface area contributed by atoms with Crippen LogP contribution < -0.4 is 19.6 Å². The number of allylic oxidation sites excluding steroid dienone is 2. The predicted octanol–water partition coefficient (Wildman–Crippen LogP) is 6.43. The number of benzene rings is 3. The van der Waals surface area contributed by atoms with Crippen LogP contribution in [0.2, 0.25) is 0 Å². The first kappa shape index (κ1) is 26.9. The van der Waals surface area contributed by atoms with Gasteiger partial charge in [0.05, 0.1) is 4.53 Å². The number of halogens is 1. The number of hydrogen-bond acceptors (Lipinski definition) is 6. The molecule has 1 atom stereocenters. The number of thiazole rings is 1. The molecule has 0 saturated carbocycles. The van der Waals surface area contributed by atoms with Gasteiger partial charge >= 0.3 is 0 Å². The van der Waals surface area contributed by atoms with Gasteiger partial charge in [-0.15, -0.1) is 0 Å². The summed E-state index contributed by atoms with van der Waals surface area (Å²) in [7, 11) is 0. The third kappa shape index (κ3) is 5.53. The summed E-state index contributed by atoms with van der Waals surface area (Å²) in [5.74, 6) is 1.75. The van der Waals surface area contributed by atoms with Crippen molar-refractivity contribution in [2.45, 2.75) is 26.5 Å². The number of aromatic nitrogens is 1. The Balaban J connectivity index is 1.35. The lowest BCUT2D eigenvalue weighted by Gasteiger charge is -2.22. The molecule has 0 spiro atoms. The van der Waals surface area contributed by atoms with Crippen LogP contribution in [0.1, 0.15) is 36.8 Å². The molecule has 0 saturated heterocycles. The van der Waals surface area contributed by atoms with Crippen molar-refractivity contribution in [3.8, 4) is 17.1 Å². The lowest BCUT2D eigenvalue weighted by atomic mass is 9.98. The molecule has 0 aliphatic carbocycles. The van der Waals surface area contributed by atoms with E-state index in [0.717, 1.165) is 26.9 Å². The van der Waals surface area contributed by atoms with E-state index in [0.29, 0.717) is 38.7 Å². The van der Waals surface area contributed by atoms with Crippen molar-refractivity contribution in [3.63, 3.8) is 0 Å². The Morgan fingerprint density at radius 1 is 1.02 bits per heavy atom. The van der Waals surface area contributed by atoms with E-state index in [2.05, 4.69) is 20.9 Å². The van der Waals surface area contributed by atoms with Gasteiger partial charge < -0.3 is 9.15 Å². The maximum atomic E-state index is 13.8. The number of hydrogen-bond donors (Lipinski definition) is 0. The van der Waals surface area contributed by atoms with E-state index in [1.54, 1.807) is 11.5 Å². The minimum atomic E-state index is -0.705. The zero-order valence-corrected chi connectivity index (χ0v) is 24.7. The molecule has 0 N–H and O–H groups in total. The second-order valence-electron chi connectivity index (χ2n) is 9.69. The number of ether oxygens (including phenoxy) is 1. The molecule has 6 rings (SSSR count). The van der Waals surface area contributed by atoms with Crippen LogP contribution >= 0.6 is 27.3 Å². The molecular formula is C33H25BrN2O4S. The first-order valence-corrected chi connectivity index (χ1v) is 14.6. The molecule has 6 nitrogen and oxygen atoms in total. The Morgan fingerprint density at radius 3 is 2.46 bits per heavy atom. The van der Waals surface area contributed by atoms with Crippen LogP contribution in [0.5, 0.6) is 5.75 Å². The van der Waals surface area contributed by atoms with Crippen LogP contribution in [-0.2, 0) is 11.4 Å². The van der Waals surface area contributed by atoms with Crippen molar-refractivity contribution in [1.82, 2.24) is 4.57 Å². The van der Waals surface area contributed by atoms with E-state index in [1.807, 2.05) is 97.1 Å². The monoisotopic (exact) mass is 624 g/mol. The average molecular weight is 626 g/mol. The van der Waals surface area contributed by atoms with Gasteiger partial charge in [0.25, 0.3) is 5.56 Å². The van der Waals surface area contributed by atoms with Gasteiger partial charge in [-0.05, 0) is 67.4 Å². The highest BCUT2D eigenvalue weighted by Crippen LogP contribution is 2.34. The van der Waals surface area contributed by atoms with E-state index in [-0.39, 0.29) is 11.3 Å². The minimum Gasteiger partial charge on any atom is -0.489 e. The molecule has 5 aromatic rings. The maximum absolute atomic E-state index is 13.8. The first-order chi connectivity index (χ1) is 19.9. The Morgan fingerprint density at radius 2 is 1.76 bits per heavy atom. The lowest BCUT2D eigenvalue weighted by molar-refractivity contribution is -0.114. The molecule has 41 heavy (non-hydrogen) atoms. The number of nitrogens with zero attached hydrogens (tertiary/aromatic N) is 2. The molecule has 0 amide bonds. The van der Waals surface area contributed by atoms with Crippen LogP contribution in [0.4, 0.5) is 0 Å². The summed E-state index contributed by atoms with van der Waals surface area (Å²) in [4.78, 5) is 31.8. The molecule has 0 fully saturated rings. The van der Waals surface area contributed by atoms with Crippen molar-refractivity contribution in [1.29, 1.82) is 0 Å². The van der Waals surface area contributed by atoms with Gasteiger partial charge in [-0.2, -0.15) is 0 Å². The normalized spacial score (nSPS) is 15.0. The Kier molecular flexibility index (Phi) is 7.43. The average Bonchev–Trinajstić information content (AvgIpc) is 3.58. The summed E-state index contributed by atoms with van der Waals surface area (Å²) >= 11 is 4.75. The molecule has 8 heteroatoms. The number of rotatable bonds is 7. The van der Waals surface area contributed by atoms with Crippen LogP contribution in [0.3, 0.4) is 0 Å². The van der Waals surface area contributed by atoms with Crippen molar-refractivity contribution < 1.29 is 13.9 Å². The standard InChI is InChI=1S/C33H25BrN2O4S/c1-20-30(21(2)37)31(28-17-16-27(40-28)24-10-12-25(34)13-11-24)36-32(38)29(41-33(36)35-20)18-22-8-14-26(15-9-22)39-19-23-6-4-3-5-7-23/h3-18,31H,19H2,1-2H3/b29-18+/t31-/m1/s1. The highest BCUT2D eigenvalue weighted by Gasteiger charge is 2.33. The second-order valence-corrected chi connectivity index (χ2v) is 11.6. The summed E-state index contributed by atoms with van der Waals surface area (Å²) in [6.45, 7) is 3.78. The molecule has 1 aliphatic heterocycles. The van der Waals surface area contributed by atoms with E-state index in [1.165, 1.54) is 18.3 Å². The van der Waals surface area contributed by atoms with Crippen LogP contribution in [0, 0.1) is 0 Å². The van der Waals surface area contributed by atoms with Crippen LogP contribution in [-0.4, -0.2) is 10.4 Å². The van der Waals surface area contributed by atoms with Gasteiger partial charge in [0.1, 0.15) is 29.9 Å². The van der Waals surface area contributed by atoms with Gasteiger partial charge in [0, 0.05) is 21.3 Å². The van der Waals surface area contributed by atoms with E-state index in [4.69, 9.17) is 9.15 Å². The molecule has 204 valence electrons. The molecule has 0 radical (unpaired) electrons. The SMILES string of the molecule is CC(=O)C1=C(C)N=c2s/c(=C/c3ccc(OCc4ccccc4)cc3)c(=O)n2[C@@H]1c1ccc(-c2ccc(Br)cc2)o1. The smallest absolute Gasteiger partial charge is 0.271 e. The Labute approximate surface area is 248 Å². The second kappa shape index (κ2) is 11.3. The molecule has 0 bridgehead atoms. The van der Waals surface area contributed by atoms with E-state index < -0.39 is 6.04 Å². The Bertz CT molecular complexity index is 1950. The quantitative estimate of drug-likeness (QED) is 0.209.